The zero-order valence-corrected chi connectivity index (χ0v) is 13.1. The topological polar surface area (TPSA) is 21.3 Å². The van der Waals surface area contributed by atoms with Gasteiger partial charge in [0.05, 0.1) is 5.60 Å². The lowest BCUT2D eigenvalue weighted by Gasteiger charge is -2.48. The van der Waals surface area contributed by atoms with Crippen molar-refractivity contribution in [3.05, 3.63) is 34.3 Å². The Morgan fingerprint density at radius 1 is 1.32 bits per heavy atom. The zero-order chi connectivity index (χ0) is 13.3. The SMILES string of the molecule is CNC(c1ccc(Br)cc1)C1CCOC2(CCC2)C1. The van der Waals surface area contributed by atoms with Gasteiger partial charge in [0.15, 0.2) is 0 Å². The van der Waals surface area contributed by atoms with Gasteiger partial charge in [-0.1, -0.05) is 28.1 Å². The molecule has 1 aliphatic carbocycles. The summed E-state index contributed by atoms with van der Waals surface area (Å²) in [5, 5.41) is 3.52. The summed E-state index contributed by atoms with van der Waals surface area (Å²) in [7, 11) is 2.08. The number of ether oxygens (including phenoxy) is 1. The molecule has 1 aromatic carbocycles. The molecule has 1 N–H and O–H groups in total. The summed E-state index contributed by atoms with van der Waals surface area (Å²) in [5.74, 6) is 0.695. The van der Waals surface area contributed by atoms with Gasteiger partial charge in [0, 0.05) is 17.1 Å². The second-order valence-corrected chi connectivity index (χ2v) is 6.87. The zero-order valence-electron chi connectivity index (χ0n) is 11.5. The first-order chi connectivity index (χ1) is 9.22. The molecule has 1 aliphatic heterocycles. The van der Waals surface area contributed by atoms with Gasteiger partial charge in [-0.05, 0) is 62.8 Å². The van der Waals surface area contributed by atoms with Crippen molar-refractivity contribution in [2.24, 2.45) is 5.92 Å². The van der Waals surface area contributed by atoms with E-state index in [-0.39, 0.29) is 5.60 Å². The number of rotatable bonds is 3. The molecule has 1 aromatic rings. The van der Waals surface area contributed by atoms with Gasteiger partial charge in [-0.25, -0.2) is 0 Å². The predicted octanol–water partition coefficient (Wildman–Crippen LogP) is 4.06. The molecule has 0 aromatic heterocycles. The Balaban J connectivity index is 1.76. The minimum Gasteiger partial charge on any atom is -0.375 e. The van der Waals surface area contributed by atoms with E-state index in [1.807, 2.05) is 0 Å². The molecule has 3 heteroatoms. The van der Waals surface area contributed by atoms with Crippen LogP contribution < -0.4 is 5.32 Å². The van der Waals surface area contributed by atoms with Crippen molar-refractivity contribution in [3.63, 3.8) is 0 Å². The maximum Gasteiger partial charge on any atom is 0.0686 e. The first-order valence-electron chi connectivity index (χ1n) is 7.29. The van der Waals surface area contributed by atoms with Crippen LogP contribution in [0.1, 0.15) is 43.7 Å². The quantitative estimate of drug-likeness (QED) is 0.905. The maximum atomic E-state index is 6.05. The maximum absolute atomic E-state index is 6.05. The van der Waals surface area contributed by atoms with Gasteiger partial charge in [0.2, 0.25) is 0 Å². The van der Waals surface area contributed by atoms with Gasteiger partial charge in [-0.3, -0.25) is 0 Å². The van der Waals surface area contributed by atoms with Gasteiger partial charge in [0.1, 0.15) is 0 Å². The highest BCUT2D eigenvalue weighted by Gasteiger charge is 2.44. The third kappa shape index (κ3) is 2.74. The second kappa shape index (κ2) is 5.55. The van der Waals surface area contributed by atoms with Crippen molar-refractivity contribution in [3.8, 4) is 0 Å². The molecule has 104 valence electrons. The molecular weight excluding hydrogens is 302 g/mol. The molecule has 2 fully saturated rings. The number of hydrogen-bond donors (Lipinski definition) is 1. The summed E-state index contributed by atoms with van der Waals surface area (Å²) in [4.78, 5) is 0. The van der Waals surface area contributed by atoms with Crippen molar-refractivity contribution in [1.29, 1.82) is 0 Å². The van der Waals surface area contributed by atoms with E-state index in [2.05, 4.69) is 52.6 Å². The standard InChI is InChI=1S/C16H22BrNO/c1-18-15(12-3-5-14(17)6-4-12)13-7-10-19-16(11-13)8-2-9-16/h3-6,13,15,18H,2,7-11H2,1H3. The van der Waals surface area contributed by atoms with Crippen molar-refractivity contribution in [2.45, 2.75) is 43.7 Å². The molecule has 19 heavy (non-hydrogen) atoms. The number of nitrogens with one attached hydrogen (secondary N) is 1. The minimum atomic E-state index is 0.230. The Morgan fingerprint density at radius 3 is 2.63 bits per heavy atom. The largest absolute Gasteiger partial charge is 0.375 e. The van der Waals surface area contributed by atoms with Gasteiger partial charge < -0.3 is 10.1 Å². The van der Waals surface area contributed by atoms with Crippen LogP contribution in [0, 0.1) is 5.92 Å². The third-order valence-corrected chi connectivity index (χ3v) is 5.34. The van der Waals surface area contributed by atoms with Crippen LogP contribution in [0.15, 0.2) is 28.7 Å². The van der Waals surface area contributed by atoms with Crippen LogP contribution in [0.4, 0.5) is 0 Å². The highest BCUT2D eigenvalue weighted by molar-refractivity contribution is 9.10. The van der Waals surface area contributed by atoms with E-state index < -0.39 is 0 Å². The summed E-state index contributed by atoms with van der Waals surface area (Å²) < 4.78 is 7.19. The Kier molecular flexibility index (Phi) is 3.97. The molecule has 0 bridgehead atoms. The van der Waals surface area contributed by atoms with E-state index in [4.69, 9.17) is 4.74 Å². The van der Waals surface area contributed by atoms with Crippen LogP contribution >= 0.6 is 15.9 Å². The molecule has 0 amide bonds. The van der Waals surface area contributed by atoms with Gasteiger partial charge in [0.25, 0.3) is 0 Å². The normalized spacial score (nSPS) is 26.9. The molecule has 2 aliphatic rings. The highest BCUT2D eigenvalue weighted by Crippen LogP contribution is 2.47. The molecule has 3 rings (SSSR count). The van der Waals surface area contributed by atoms with E-state index in [0.29, 0.717) is 12.0 Å². The predicted molar refractivity (Wildman–Crippen MR) is 81.2 cm³/mol. The average Bonchev–Trinajstić information content (AvgIpc) is 2.40. The second-order valence-electron chi connectivity index (χ2n) is 5.96. The van der Waals surface area contributed by atoms with E-state index >= 15 is 0 Å². The van der Waals surface area contributed by atoms with E-state index in [0.717, 1.165) is 11.1 Å². The van der Waals surface area contributed by atoms with E-state index in [1.165, 1.54) is 37.7 Å². The molecule has 2 unspecified atom stereocenters. The lowest BCUT2D eigenvalue weighted by atomic mass is 9.69. The van der Waals surface area contributed by atoms with Crippen molar-refractivity contribution in [2.75, 3.05) is 13.7 Å². The van der Waals surface area contributed by atoms with Crippen LogP contribution in [0.25, 0.3) is 0 Å². The van der Waals surface area contributed by atoms with Crippen LogP contribution in [0.2, 0.25) is 0 Å². The Hall–Kier alpha value is -0.380. The molecular formula is C16H22BrNO. The fraction of sp³-hybridized carbons (Fsp3) is 0.625. The Bertz CT molecular complexity index is 427. The number of hydrogen-bond acceptors (Lipinski definition) is 2. The Morgan fingerprint density at radius 2 is 2.05 bits per heavy atom. The first kappa shape index (κ1) is 13.6. The summed E-state index contributed by atoms with van der Waals surface area (Å²) in [5.41, 5.74) is 1.62. The van der Waals surface area contributed by atoms with Crippen LogP contribution in [-0.4, -0.2) is 19.3 Å². The monoisotopic (exact) mass is 323 g/mol. The molecule has 1 spiro atoms. The van der Waals surface area contributed by atoms with Crippen molar-refractivity contribution < 1.29 is 4.74 Å². The van der Waals surface area contributed by atoms with Gasteiger partial charge in [-0.2, -0.15) is 0 Å². The first-order valence-corrected chi connectivity index (χ1v) is 8.08. The van der Waals surface area contributed by atoms with Gasteiger partial charge >= 0.3 is 0 Å². The van der Waals surface area contributed by atoms with E-state index in [1.54, 1.807) is 0 Å². The number of benzene rings is 1. The summed E-state index contributed by atoms with van der Waals surface area (Å²) >= 11 is 3.51. The molecule has 1 saturated heterocycles. The lowest BCUT2D eigenvalue weighted by molar-refractivity contribution is -0.147. The van der Waals surface area contributed by atoms with Crippen LogP contribution in [-0.2, 0) is 4.74 Å². The molecule has 1 saturated carbocycles. The average molecular weight is 324 g/mol. The fourth-order valence-corrected chi connectivity index (χ4v) is 3.88. The van der Waals surface area contributed by atoms with Crippen LogP contribution in [0.5, 0.6) is 0 Å². The summed E-state index contributed by atoms with van der Waals surface area (Å²) in [6, 6.07) is 9.19. The van der Waals surface area contributed by atoms with Crippen molar-refractivity contribution >= 4 is 15.9 Å². The lowest BCUT2D eigenvalue weighted by Crippen LogP contribution is -2.47. The minimum absolute atomic E-state index is 0.230. The third-order valence-electron chi connectivity index (χ3n) is 4.81. The van der Waals surface area contributed by atoms with Crippen molar-refractivity contribution in [1.82, 2.24) is 5.32 Å². The smallest absolute Gasteiger partial charge is 0.0686 e. The summed E-state index contributed by atoms with van der Waals surface area (Å²) in [6.45, 7) is 0.930. The van der Waals surface area contributed by atoms with E-state index in [9.17, 15) is 0 Å². The molecule has 2 atom stereocenters. The fourth-order valence-electron chi connectivity index (χ4n) is 3.61. The molecule has 0 radical (unpaired) electrons. The number of halogens is 1. The highest BCUT2D eigenvalue weighted by atomic mass is 79.9. The summed E-state index contributed by atoms with van der Waals surface area (Å²) in [6.07, 6.45) is 6.26. The molecule has 1 heterocycles. The van der Waals surface area contributed by atoms with Crippen LogP contribution in [0.3, 0.4) is 0 Å². The Labute approximate surface area is 124 Å². The van der Waals surface area contributed by atoms with Gasteiger partial charge in [-0.15, -0.1) is 0 Å². The molecule has 2 nitrogen and oxygen atoms in total.